The first-order valence-corrected chi connectivity index (χ1v) is 5.98. The minimum absolute atomic E-state index is 0.0635. The van der Waals surface area contributed by atoms with Crippen LogP contribution in [0.5, 0.6) is 0 Å². The number of benzene rings is 1. The lowest BCUT2D eigenvalue weighted by molar-refractivity contribution is 0.0696. The van der Waals surface area contributed by atoms with Crippen molar-refractivity contribution in [3.8, 4) is 11.4 Å². The summed E-state index contributed by atoms with van der Waals surface area (Å²) in [6.45, 7) is 0. The molecule has 2 heterocycles. The Morgan fingerprint density at radius 3 is 2.80 bits per heavy atom. The summed E-state index contributed by atoms with van der Waals surface area (Å²) in [6.07, 6.45) is 1.31. The Kier molecular flexibility index (Phi) is 2.87. The van der Waals surface area contributed by atoms with Crippen LogP contribution in [0.25, 0.3) is 17.0 Å². The summed E-state index contributed by atoms with van der Waals surface area (Å²) >= 11 is 5.95. The Morgan fingerprint density at radius 2 is 2.10 bits per heavy atom. The topological polar surface area (TPSA) is 67.5 Å². The number of rotatable bonds is 2. The SMILES string of the molecule is O=C(O)c1ccc2nc(-c3c(F)cccc3Cl)nn2c1. The van der Waals surface area contributed by atoms with Crippen LogP contribution in [0.15, 0.2) is 36.5 Å². The second-order valence-electron chi connectivity index (χ2n) is 4.06. The second-order valence-corrected chi connectivity index (χ2v) is 4.46. The van der Waals surface area contributed by atoms with Gasteiger partial charge in [-0.25, -0.2) is 18.7 Å². The molecule has 0 fully saturated rings. The largest absolute Gasteiger partial charge is 0.478 e. The third-order valence-electron chi connectivity index (χ3n) is 2.76. The van der Waals surface area contributed by atoms with Gasteiger partial charge in [0.2, 0.25) is 0 Å². The highest BCUT2D eigenvalue weighted by molar-refractivity contribution is 6.33. The summed E-state index contributed by atoms with van der Waals surface area (Å²) in [4.78, 5) is 15.0. The molecule has 7 heteroatoms. The van der Waals surface area contributed by atoms with E-state index in [0.717, 1.165) is 0 Å². The first-order valence-electron chi connectivity index (χ1n) is 5.60. The van der Waals surface area contributed by atoms with E-state index < -0.39 is 11.8 Å². The molecule has 1 N–H and O–H groups in total. The quantitative estimate of drug-likeness (QED) is 0.788. The third kappa shape index (κ3) is 2.00. The molecule has 0 radical (unpaired) electrons. The van der Waals surface area contributed by atoms with Crippen molar-refractivity contribution >= 4 is 23.2 Å². The molecule has 2 aromatic heterocycles. The van der Waals surface area contributed by atoms with E-state index in [1.165, 1.54) is 41.0 Å². The van der Waals surface area contributed by atoms with Crippen LogP contribution in [0.3, 0.4) is 0 Å². The fourth-order valence-electron chi connectivity index (χ4n) is 1.83. The van der Waals surface area contributed by atoms with Crippen LogP contribution >= 0.6 is 11.6 Å². The van der Waals surface area contributed by atoms with Gasteiger partial charge in [-0.05, 0) is 24.3 Å². The molecular formula is C13H7ClFN3O2. The zero-order valence-corrected chi connectivity index (χ0v) is 10.7. The molecule has 0 saturated carbocycles. The molecule has 0 aliphatic carbocycles. The summed E-state index contributed by atoms with van der Waals surface area (Å²) in [5, 5.41) is 13.2. The number of carboxylic acid groups (broad SMARTS) is 1. The first kappa shape index (κ1) is 12.6. The van der Waals surface area contributed by atoms with Crippen molar-refractivity contribution < 1.29 is 14.3 Å². The minimum Gasteiger partial charge on any atom is -0.478 e. The summed E-state index contributed by atoms with van der Waals surface area (Å²) in [6, 6.07) is 7.18. The van der Waals surface area contributed by atoms with E-state index >= 15 is 0 Å². The van der Waals surface area contributed by atoms with Crippen molar-refractivity contribution in [2.75, 3.05) is 0 Å². The maximum Gasteiger partial charge on any atom is 0.337 e. The van der Waals surface area contributed by atoms with Crippen molar-refractivity contribution in [3.63, 3.8) is 0 Å². The average Bonchev–Trinajstić information content (AvgIpc) is 2.80. The molecule has 5 nitrogen and oxygen atoms in total. The van der Waals surface area contributed by atoms with Gasteiger partial charge in [0.05, 0.1) is 16.1 Å². The zero-order chi connectivity index (χ0) is 14.3. The van der Waals surface area contributed by atoms with E-state index in [1.54, 1.807) is 0 Å². The normalized spacial score (nSPS) is 10.9. The predicted octanol–water partition coefficient (Wildman–Crippen LogP) is 2.89. The lowest BCUT2D eigenvalue weighted by Gasteiger charge is -1.99. The van der Waals surface area contributed by atoms with E-state index in [-0.39, 0.29) is 22.0 Å². The van der Waals surface area contributed by atoms with Gasteiger partial charge in [0.1, 0.15) is 5.82 Å². The zero-order valence-electron chi connectivity index (χ0n) is 9.92. The van der Waals surface area contributed by atoms with Gasteiger partial charge in [0, 0.05) is 6.20 Å². The lowest BCUT2D eigenvalue weighted by atomic mass is 10.2. The number of carbonyl (C=O) groups is 1. The molecule has 0 aliphatic rings. The first-order chi connectivity index (χ1) is 9.56. The highest BCUT2D eigenvalue weighted by Gasteiger charge is 2.15. The van der Waals surface area contributed by atoms with E-state index in [9.17, 15) is 9.18 Å². The fraction of sp³-hybridized carbons (Fsp3) is 0. The van der Waals surface area contributed by atoms with Crippen molar-refractivity contribution in [1.29, 1.82) is 0 Å². The van der Waals surface area contributed by atoms with E-state index in [0.29, 0.717) is 5.65 Å². The highest BCUT2D eigenvalue weighted by Crippen LogP contribution is 2.28. The maximum atomic E-state index is 13.8. The molecule has 3 rings (SSSR count). The molecule has 0 amide bonds. The number of aromatic carboxylic acids is 1. The van der Waals surface area contributed by atoms with E-state index in [2.05, 4.69) is 10.1 Å². The minimum atomic E-state index is -1.08. The van der Waals surface area contributed by atoms with Crippen molar-refractivity contribution in [3.05, 3.63) is 52.9 Å². The monoisotopic (exact) mass is 291 g/mol. The van der Waals surface area contributed by atoms with Gasteiger partial charge in [-0.1, -0.05) is 17.7 Å². The fourth-order valence-corrected chi connectivity index (χ4v) is 2.07. The number of carboxylic acids is 1. The molecule has 0 atom stereocenters. The molecule has 0 bridgehead atoms. The number of halogens is 2. The van der Waals surface area contributed by atoms with Gasteiger partial charge in [-0.3, -0.25) is 0 Å². The summed E-state index contributed by atoms with van der Waals surface area (Å²) in [5.74, 6) is -1.50. The number of nitrogens with zero attached hydrogens (tertiary/aromatic N) is 3. The standard InChI is InChI=1S/C13H7ClFN3O2/c14-8-2-1-3-9(15)11(8)12-16-10-5-4-7(13(19)20)6-18(10)17-12/h1-6H,(H,19,20). The Balaban J connectivity index is 2.21. The van der Waals surface area contributed by atoms with Gasteiger partial charge in [-0.2, -0.15) is 0 Å². The van der Waals surface area contributed by atoms with Gasteiger partial charge in [0.25, 0.3) is 0 Å². The van der Waals surface area contributed by atoms with Crippen LogP contribution in [0.1, 0.15) is 10.4 Å². The molecule has 20 heavy (non-hydrogen) atoms. The Bertz CT molecular complexity index is 811. The van der Waals surface area contributed by atoms with Crippen molar-refractivity contribution in [1.82, 2.24) is 14.6 Å². The van der Waals surface area contributed by atoms with E-state index in [1.807, 2.05) is 0 Å². The second kappa shape index (κ2) is 4.57. The molecule has 0 aliphatic heterocycles. The van der Waals surface area contributed by atoms with Gasteiger partial charge >= 0.3 is 5.97 Å². The van der Waals surface area contributed by atoms with Gasteiger partial charge in [0.15, 0.2) is 11.5 Å². The highest BCUT2D eigenvalue weighted by atomic mass is 35.5. The molecule has 100 valence electrons. The number of fused-ring (bicyclic) bond motifs is 1. The van der Waals surface area contributed by atoms with Crippen molar-refractivity contribution in [2.45, 2.75) is 0 Å². The Morgan fingerprint density at radius 1 is 1.30 bits per heavy atom. The summed E-state index contributed by atoms with van der Waals surface area (Å²) < 4.78 is 15.1. The Hall–Kier alpha value is -2.47. The average molecular weight is 292 g/mol. The van der Waals surface area contributed by atoms with Crippen LogP contribution in [0.2, 0.25) is 5.02 Å². The van der Waals surface area contributed by atoms with E-state index in [4.69, 9.17) is 16.7 Å². The maximum absolute atomic E-state index is 13.8. The van der Waals surface area contributed by atoms with Crippen LogP contribution in [0, 0.1) is 5.82 Å². The predicted molar refractivity (Wildman–Crippen MR) is 70.4 cm³/mol. The van der Waals surface area contributed by atoms with Gasteiger partial charge in [-0.15, -0.1) is 5.10 Å². The van der Waals surface area contributed by atoms with Crippen LogP contribution in [-0.4, -0.2) is 25.7 Å². The molecular weight excluding hydrogens is 285 g/mol. The molecule has 3 aromatic rings. The smallest absolute Gasteiger partial charge is 0.337 e. The summed E-state index contributed by atoms with van der Waals surface area (Å²) in [5.41, 5.74) is 0.563. The molecule has 0 unspecified atom stereocenters. The number of hydrogen-bond acceptors (Lipinski definition) is 3. The molecule has 1 aromatic carbocycles. The molecule has 0 saturated heterocycles. The Labute approximate surface area is 117 Å². The van der Waals surface area contributed by atoms with Crippen molar-refractivity contribution in [2.24, 2.45) is 0 Å². The van der Waals surface area contributed by atoms with Crippen LogP contribution < -0.4 is 0 Å². The van der Waals surface area contributed by atoms with Gasteiger partial charge < -0.3 is 5.11 Å². The number of aromatic nitrogens is 3. The van der Waals surface area contributed by atoms with Crippen LogP contribution in [-0.2, 0) is 0 Å². The summed E-state index contributed by atoms with van der Waals surface area (Å²) in [7, 11) is 0. The number of hydrogen-bond donors (Lipinski definition) is 1. The molecule has 0 spiro atoms. The lowest BCUT2D eigenvalue weighted by Crippen LogP contribution is -1.99. The third-order valence-corrected chi connectivity index (χ3v) is 3.08. The number of pyridine rings is 1. The van der Waals surface area contributed by atoms with Crippen LogP contribution in [0.4, 0.5) is 4.39 Å².